The molecule has 0 bridgehead atoms. The average Bonchev–Trinajstić information content (AvgIpc) is 2.80. The second-order valence-electron chi connectivity index (χ2n) is 6.30. The minimum Gasteiger partial charge on any atom is -0.493 e. The highest BCUT2D eigenvalue weighted by molar-refractivity contribution is 5.81. The van der Waals surface area contributed by atoms with Crippen molar-refractivity contribution in [3.8, 4) is 23.0 Å². The zero-order valence-corrected chi connectivity index (χ0v) is 17.6. The van der Waals surface area contributed by atoms with Gasteiger partial charge >= 0.3 is 0 Å². The first-order chi connectivity index (χ1) is 15.1. The molecule has 0 radical (unpaired) electrons. The van der Waals surface area contributed by atoms with Crippen LogP contribution >= 0.6 is 0 Å². The molecular formula is C21H23N5O5. The highest BCUT2D eigenvalue weighted by Crippen LogP contribution is 2.28. The molecule has 0 aliphatic carbocycles. The van der Waals surface area contributed by atoms with E-state index in [2.05, 4.69) is 25.7 Å². The van der Waals surface area contributed by atoms with Crippen molar-refractivity contribution in [3.63, 3.8) is 0 Å². The lowest BCUT2D eigenvalue weighted by Crippen LogP contribution is -2.18. The number of nitrogens with zero attached hydrogens (tertiary/aromatic N) is 3. The van der Waals surface area contributed by atoms with Crippen molar-refractivity contribution >= 4 is 12.2 Å². The Bertz CT molecular complexity index is 1130. The third kappa shape index (κ3) is 5.30. The van der Waals surface area contributed by atoms with Crippen LogP contribution in [0.2, 0.25) is 0 Å². The Morgan fingerprint density at radius 2 is 1.55 bits per heavy atom. The molecule has 0 amide bonds. The molecule has 0 aliphatic heterocycles. The van der Waals surface area contributed by atoms with E-state index in [9.17, 15) is 4.79 Å². The standard InChI is InChI=1S/C21H23N5O5/c1-28-16-7-5-13(10-18(16)30-3)9-15-20(27)23-21(26-24-15)25-22-12-14-6-8-17(29-2)19(11-14)31-4/h5-8,10-12H,9H2,1-4H3,(H2,23,25,26,27)/b22-12+. The predicted octanol–water partition coefficient (Wildman–Crippen LogP) is 2.24. The third-order valence-electron chi connectivity index (χ3n) is 4.38. The Morgan fingerprint density at radius 1 is 0.903 bits per heavy atom. The lowest BCUT2D eigenvalue weighted by molar-refractivity contribution is 0.354. The van der Waals surface area contributed by atoms with E-state index in [1.165, 1.54) is 0 Å². The fourth-order valence-electron chi connectivity index (χ4n) is 2.81. The largest absolute Gasteiger partial charge is 0.493 e. The Balaban J connectivity index is 1.68. The van der Waals surface area contributed by atoms with E-state index in [1.54, 1.807) is 58.9 Å². The van der Waals surface area contributed by atoms with Gasteiger partial charge in [0.2, 0.25) is 5.95 Å². The molecule has 2 aromatic carbocycles. The van der Waals surface area contributed by atoms with Crippen molar-refractivity contribution in [1.82, 2.24) is 15.2 Å². The first-order valence-electron chi connectivity index (χ1n) is 9.25. The average molecular weight is 425 g/mol. The van der Waals surface area contributed by atoms with Gasteiger partial charge in [-0.05, 0) is 41.5 Å². The van der Waals surface area contributed by atoms with Gasteiger partial charge in [0.1, 0.15) is 5.69 Å². The van der Waals surface area contributed by atoms with Gasteiger partial charge in [0.15, 0.2) is 23.0 Å². The van der Waals surface area contributed by atoms with Crippen LogP contribution in [-0.4, -0.2) is 49.8 Å². The summed E-state index contributed by atoms with van der Waals surface area (Å²) in [6.45, 7) is 0. The van der Waals surface area contributed by atoms with Gasteiger partial charge in [0.05, 0.1) is 34.7 Å². The maximum atomic E-state index is 12.4. The number of rotatable bonds is 9. The van der Waals surface area contributed by atoms with Gasteiger partial charge in [-0.2, -0.15) is 5.10 Å². The molecule has 0 saturated heterocycles. The van der Waals surface area contributed by atoms with Crippen LogP contribution < -0.4 is 29.9 Å². The first-order valence-corrected chi connectivity index (χ1v) is 9.25. The van der Waals surface area contributed by atoms with Gasteiger partial charge in [-0.3, -0.25) is 9.78 Å². The van der Waals surface area contributed by atoms with Gasteiger partial charge in [-0.25, -0.2) is 5.43 Å². The summed E-state index contributed by atoms with van der Waals surface area (Å²) in [6.07, 6.45) is 1.84. The van der Waals surface area contributed by atoms with Crippen molar-refractivity contribution in [2.75, 3.05) is 33.9 Å². The summed E-state index contributed by atoms with van der Waals surface area (Å²) in [5.74, 6) is 2.51. The normalized spacial score (nSPS) is 10.7. The van der Waals surface area contributed by atoms with E-state index in [-0.39, 0.29) is 23.6 Å². The van der Waals surface area contributed by atoms with Crippen molar-refractivity contribution in [2.45, 2.75) is 6.42 Å². The summed E-state index contributed by atoms with van der Waals surface area (Å²) in [6, 6.07) is 10.7. The molecule has 0 atom stereocenters. The predicted molar refractivity (Wildman–Crippen MR) is 116 cm³/mol. The van der Waals surface area contributed by atoms with Crippen LogP contribution in [0, 0.1) is 0 Å². The number of hydrazone groups is 1. The van der Waals surface area contributed by atoms with Crippen molar-refractivity contribution < 1.29 is 18.9 Å². The van der Waals surface area contributed by atoms with Crippen LogP contribution in [0.1, 0.15) is 16.8 Å². The van der Waals surface area contributed by atoms with E-state index in [0.29, 0.717) is 23.0 Å². The molecule has 31 heavy (non-hydrogen) atoms. The zero-order valence-electron chi connectivity index (χ0n) is 17.6. The number of aromatic amines is 1. The van der Waals surface area contributed by atoms with Gasteiger partial charge < -0.3 is 18.9 Å². The summed E-state index contributed by atoms with van der Waals surface area (Å²) >= 11 is 0. The molecule has 1 heterocycles. The van der Waals surface area contributed by atoms with Gasteiger partial charge in [0.25, 0.3) is 5.56 Å². The number of benzene rings is 2. The number of ether oxygens (including phenoxy) is 4. The Labute approximate surface area is 178 Å². The lowest BCUT2D eigenvalue weighted by atomic mass is 10.1. The van der Waals surface area contributed by atoms with Crippen LogP contribution in [0.15, 0.2) is 46.3 Å². The van der Waals surface area contributed by atoms with E-state index >= 15 is 0 Å². The number of H-pyrrole nitrogens is 1. The second-order valence-corrected chi connectivity index (χ2v) is 6.30. The quantitative estimate of drug-likeness (QED) is 0.396. The molecule has 3 aromatic rings. The SMILES string of the molecule is COc1ccc(/C=N/Nc2nnc(Cc3ccc(OC)c(OC)c3)c(=O)[nH]2)cc1OC. The van der Waals surface area contributed by atoms with Crippen LogP contribution in [0.4, 0.5) is 5.95 Å². The molecule has 3 rings (SSSR count). The van der Waals surface area contributed by atoms with Gasteiger partial charge in [-0.15, -0.1) is 10.2 Å². The van der Waals surface area contributed by atoms with E-state index < -0.39 is 0 Å². The van der Waals surface area contributed by atoms with Crippen LogP contribution in [0.5, 0.6) is 23.0 Å². The topological polar surface area (TPSA) is 120 Å². The highest BCUT2D eigenvalue weighted by Gasteiger charge is 2.09. The zero-order chi connectivity index (χ0) is 22.2. The molecule has 162 valence electrons. The maximum Gasteiger partial charge on any atom is 0.274 e. The molecule has 0 unspecified atom stereocenters. The smallest absolute Gasteiger partial charge is 0.274 e. The molecule has 0 aliphatic rings. The van der Waals surface area contributed by atoms with E-state index in [1.807, 2.05) is 12.1 Å². The number of nitrogens with one attached hydrogen (secondary N) is 2. The molecule has 0 fully saturated rings. The Morgan fingerprint density at radius 3 is 2.19 bits per heavy atom. The van der Waals surface area contributed by atoms with Gasteiger partial charge in [0, 0.05) is 6.42 Å². The molecular weight excluding hydrogens is 402 g/mol. The third-order valence-corrected chi connectivity index (χ3v) is 4.38. The number of aromatic nitrogens is 3. The fourth-order valence-corrected chi connectivity index (χ4v) is 2.81. The number of anilines is 1. The minimum absolute atomic E-state index is 0.123. The van der Waals surface area contributed by atoms with Crippen LogP contribution in [-0.2, 0) is 6.42 Å². The molecule has 2 N–H and O–H groups in total. The number of methoxy groups -OCH3 is 4. The van der Waals surface area contributed by atoms with Gasteiger partial charge in [-0.1, -0.05) is 6.07 Å². The molecule has 0 saturated carbocycles. The lowest BCUT2D eigenvalue weighted by Gasteiger charge is -2.09. The van der Waals surface area contributed by atoms with Crippen molar-refractivity contribution in [1.29, 1.82) is 0 Å². The summed E-state index contributed by atoms with van der Waals surface area (Å²) < 4.78 is 21.0. The molecule has 0 spiro atoms. The number of hydrogen-bond acceptors (Lipinski definition) is 9. The monoisotopic (exact) mass is 425 g/mol. The van der Waals surface area contributed by atoms with E-state index in [4.69, 9.17) is 18.9 Å². The Kier molecular flexibility index (Phi) is 7.05. The number of hydrogen-bond donors (Lipinski definition) is 2. The van der Waals surface area contributed by atoms with Crippen LogP contribution in [0.25, 0.3) is 0 Å². The molecule has 10 heteroatoms. The second kappa shape index (κ2) is 10.1. The van der Waals surface area contributed by atoms with Crippen molar-refractivity contribution in [3.05, 3.63) is 63.6 Å². The molecule has 10 nitrogen and oxygen atoms in total. The summed E-state index contributed by atoms with van der Waals surface area (Å²) in [5, 5.41) is 12.0. The summed E-state index contributed by atoms with van der Waals surface area (Å²) in [4.78, 5) is 15.0. The molecule has 1 aromatic heterocycles. The van der Waals surface area contributed by atoms with Crippen LogP contribution in [0.3, 0.4) is 0 Å². The van der Waals surface area contributed by atoms with E-state index in [0.717, 1.165) is 11.1 Å². The minimum atomic E-state index is -0.367. The highest BCUT2D eigenvalue weighted by atomic mass is 16.5. The van der Waals surface area contributed by atoms with Crippen molar-refractivity contribution in [2.24, 2.45) is 5.10 Å². The maximum absolute atomic E-state index is 12.4. The summed E-state index contributed by atoms with van der Waals surface area (Å²) in [5.41, 5.74) is 4.16. The first kappa shape index (κ1) is 21.6. The fraction of sp³-hybridized carbons (Fsp3) is 0.238. The Hall–Kier alpha value is -4.08. The summed E-state index contributed by atoms with van der Waals surface area (Å²) in [7, 11) is 6.24.